The summed E-state index contributed by atoms with van der Waals surface area (Å²) in [5, 5.41) is 2.59. The molecular weight excluding hydrogens is 613 g/mol. The normalized spacial score (nSPS) is 14.7. The van der Waals surface area contributed by atoms with E-state index in [1.807, 2.05) is 6.07 Å². The first kappa shape index (κ1) is 23.5. The molecule has 3 heteroatoms. The minimum Gasteiger partial charge on any atom is -0.310 e. The average Bonchev–Trinajstić information content (AvgIpc) is 3.82. The summed E-state index contributed by atoms with van der Waals surface area (Å²) in [5.74, 6) is 0. The standard InChI is InChI=1S/C46H32N2S/c1-46(2)40-22-10-9-20-36(40)37-24-23-34(28-41(37)46)48(33-19-11-17-31(25-33)29-13-5-3-6-14-29)35-26-32-18-12-21-38-42(32)39(27-35)43-44(38)49-45(47-43)30-15-7-4-8-16-30/h3-28H,1-2H3/i4D,7D,8D,15D,16D. The van der Waals surface area contributed by atoms with Crippen LogP contribution in [-0.4, -0.2) is 4.98 Å². The third kappa shape index (κ3) is 4.29. The third-order valence-corrected chi connectivity index (χ3v) is 11.2. The molecule has 232 valence electrons. The first-order chi connectivity index (χ1) is 26.1. The number of rotatable bonds is 5. The lowest BCUT2D eigenvalue weighted by Crippen LogP contribution is -2.16. The Hall–Kier alpha value is -5.77. The van der Waals surface area contributed by atoms with Crippen LogP contribution < -0.4 is 4.90 Å². The van der Waals surface area contributed by atoms with Gasteiger partial charge in [0.25, 0.3) is 0 Å². The minimum atomic E-state index is -0.409. The molecule has 0 spiro atoms. The van der Waals surface area contributed by atoms with E-state index in [1.54, 1.807) is 0 Å². The van der Waals surface area contributed by atoms with Gasteiger partial charge in [0.15, 0.2) is 0 Å². The second-order valence-electron chi connectivity index (χ2n) is 13.2. The Bertz CT molecular complexity index is 2850. The maximum atomic E-state index is 8.66. The number of thiazole rings is 1. The van der Waals surface area contributed by atoms with Crippen LogP contribution in [0.5, 0.6) is 0 Å². The van der Waals surface area contributed by atoms with Gasteiger partial charge in [-0.3, -0.25) is 0 Å². The molecule has 0 atom stereocenters. The van der Waals surface area contributed by atoms with Crippen molar-refractivity contribution in [3.63, 3.8) is 0 Å². The van der Waals surface area contributed by atoms with Crippen LogP contribution in [0.15, 0.2) is 158 Å². The molecule has 49 heavy (non-hydrogen) atoms. The van der Waals surface area contributed by atoms with Gasteiger partial charge in [-0.25, -0.2) is 4.98 Å². The largest absolute Gasteiger partial charge is 0.310 e. The number of fused-ring (bicyclic) bond motifs is 6. The molecule has 2 aliphatic rings. The lowest BCUT2D eigenvalue weighted by Gasteiger charge is -2.29. The molecule has 1 aromatic heterocycles. The summed E-state index contributed by atoms with van der Waals surface area (Å²) < 4.78 is 42.0. The van der Waals surface area contributed by atoms with Crippen LogP contribution in [0.2, 0.25) is 0 Å². The Morgan fingerprint density at radius 1 is 0.571 bits per heavy atom. The van der Waals surface area contributed by atoms with Gasteiger partial charge in [0.2, 0.25) is 0 Å². The molecule has 1 heterocycles. The summed E-state index contributed by atoms with van der Waals surface area (Å²) >= 11 is 1.38. The number of hydrogen-bond acceptors (Lipinski definition) is 3. The van der Waals surface area contributed by atoms with E-state index in [1.165, 1.54) is 33.6 Å². The molecule has 0 fully saturated rings. The zero-order chi connectivity index (χ0) is 37.0. The van der Waals surface area contributed by atoms with Gasteiger partial charge in [-0.05, 0) is 80.6 Å². The summed E-state index contributed by atoms with van der Waals surface area (Å²) in [6.07, 6.45) is 0. The molecule has 0 saturated carbocycles. The smallest absolute Gasteiger partial charge is 0.124 e. The molecule has 7 aromatic carbocycles. The Morgan fingerprint density at radius 2 is 1.31 bits per heavy atom. The average molecular weight is 650 g/mol. The Labute approximate surface area is 297 Å². The van der Waals surface area contributed by atoms with E-state index in [0.29, 0.717) is 5.01 Å². The van der Waals surface area contributed by atoms with Crippen molar-refractivity contribution in [1.29, 1.82) is 0 Å². The van der Waals surface area contributed by atoms with Crippen molar-refractivity contribution in [2.24, 2.45) is 0 Å². The maximum absolute atomic E-state index is 8.66. The molecule has 0 amide bonds. The van der Waals surface area contributed by atoms with E-state index >= 15 is 0 Å². The summed E-state index contributed by atoms with van der Waals surface area (Å²) in [6.45, 7) is 4.60. The molecule has 8 aromatic rings. The summed E-state index contributed by atoms with van der Waals surface area (Å²) in [7, 11) is 0. The molecule has 2 nitrogen and oxygen atoms in total. The van der Waals surface area contributed by atoms with Gasteiger partial charge in [-0.15, -0.1) is 11.3 Å². The summed E-state index contributed by atoms with van der Waals surface area (Å²) in [6, 6.07) is 43.7. The highest BCUT2D eigenvalue weighted by molar-refractivity contribution is 7.19. The van der Waals surface area contributed by atoms with Gasteiger partial charge in [0, 0.05) is 39.2 Å². The summed E-state index contributed by atoms with van der Waals surface area (Å²) in [5.41, 5.74) is 13.1. The SMILES string of the molecule is [2H]c1c([2H])c([2H])c(-c2nc3c(s2)-c2cccc4cc(N(c5cccc(-c6ccccc6)c5)c5ccc6c(c5)C(C)(C)c5ccccc5-6)cc-3c24)c([2H])c1[2H]. The van der Waals surface area contributed by atoms with Gasteiger partial charge in [0.1, 0.15) is 5.01 Å². The predicted octanol–water partition coefficient (Wildman–Crippen LogP) is 13.1. The fraction of sp³-hybridized carbons (Fsp3) is 0.0652. The molecule has 0 bridgehead atoms. The second kappa shape index (κ2) is 10.6. The highest BCUT2D eigenvalue weighted by atomic mass is 32.1. The van der Waals surface area contributed by atoms with Crippen molar-refractivity contribution < 1.29 is 6.85 Å². The summed E-state index contributed by atoms with van der Waals surface area (Å²) in [4.78, 5) is 8.32. The van der Waals surface area contributed by atoms with Crippen molar-refractivity contribution >= 4 is 39.2 Å². The van der Waals surface area contributed by atoms with Crippen LogP contribution in [0.4, 0.5) is 17.1 Å². The molecule has 0 N–H and O–H groups in total. The Balaban J connectivity index is 1.19. The lowest BCUT2D eigenvalue weighted by molar-refractivity contribution is 0.660. The molecule has 0 unspecified atom stereocenters. The van der Waals surface area contributed by atoms with Gasteiger partial charge in [-0.2, -0.15) is 0 Å². The van der Waals surface area contributed by atoms with E-state index in [-0.39, 0.29) is 35.1 Å². The number of benzene rings is 7. The highest BCUT2D eigenvalue weighted by Crippen LogP contribution is 2.54. The Morgan fingerprint density at radius 3 is 2.18 bits per heavy atom. The first-order valence-electron chi connectivity index (χ1n) is 19.0. The van der Waals surface area contributed by atoms with Gasteiger partial charge >= 0.3 is 0 Å². The topological polar surface area (TPSA) is 16.1 Å². The third-order valence-electron chi connectivity index (χ3n) is 10.1. The van der Waals surface area contributed by atoms with Crippen LogP contribution in [0, 0.1) is 0 Å². The van der Waals surface area contributed by atoms with Crippen LogP contribution in [0.3, 0.4) is 0 Å². The zero-order valence-electron chi connectivity index (χ0n) is 31.9. The van der Waals surface area contributed by atoms with E-state index in [2.05, 4.69) is 140 Å². The van der Waals surface area contributed by atoms with E-state index in [9.17, 15) is 0 Å². The van der Waals surface area contributed by atoms with Crippen molar-refractivity contribution in [2.45, 2.75) is 19.3 Å². The maximum Gasteiger partial charge on any atom is 0.124 e. The molecular formula is C46H32N2S. The van der Waals surface area contributed by atoms with E-state index < -0.39 is 6.04 Å². The first-order valence-corrected chi connectivity index (χ1v) is 17.3. The molecule has 0 radical (unpaired) electrons. The van der Waals surface area contributed by atoms with Crippen molar-refractivity contribution in [3.8, 4) is 54.5 Å². The molecule has 2 aliphatic carbocycles. The number of nitrogens with zero attached hydrogens (tertiary/aromatic N) is 2. The van der Waals surface area contributed by atoms with Crippen LogP contribution in [0.25, 0.3) is 65.3 Å². The van der Waals surface area contributed by atoms with Crippen LogP contribution in [-0.2, 0) is 5.41 Å². The number of anilines is 3. The quantitative estimate of drug-likeness (QED) is 0.184. The molecule has 0 aliphatic heterocycles. The molecule has 10 rings (SSSR count). The fourth-order valence-electron chi connectivity index (χ4n) is 7.80. The van der Waals surface area contributed by atoms with E-state index in [4.69, 9.17) is 11.8 Å². The number of aromatic nitrogens is 1. The van der Waals surface area contributed by atoms with Gasteiger partial charge < -0.3 is 4.90 Å². The zero-order valence-corrected chi connectivity index (χ0v) is 27.7. The fourth-order valence-corrected chi connectivity index (χ4v) is 8.87. The highest BCUT2D eigenvalue weighted by Gasteiger charge is 2.36. The monoisotopic (exact) mass is 649 g/mol. The van der Waals surface area contributed by atoms with Crippen molar-refractivity contribution in [2.75, 3.05) is 4.90 Å². The lowest BCUT2D eigenvalue weighted by atomic mass is 9.82. The van der Waals surface area contributed by atoms with E-state index in [0.717, 1.165) is 60.7 Å². The van der Waals surface area contributed by atoms with Gasteiger partial charge in [0.05, 0.1) is 17.4 Å². The van der Waals surface area contributed by atoms with Crippen LogP contribution >= 0.6 is 11.3 Å². The van der Waals surface area contributed by atoms with Crippen molar-refractivity contribution in [1.82, 2.24) is 4.98 Å². The van der Waals surface area contributed by atoms with Gasteiger partial charge in [-0.1, -0.05) is 135 Å². The van der Waals surface area contributed by atoms with Crippen LogP contribution in [0.1, 0.15) is 31.8 Å². The molecule has 0 saturated heterocycles. The predicted molar refractivity (Wildman–Crippen MR) is 207 cm³/mol. The second-order valence-corrected chi connectivity index (χ2v) is 14.2. The minimum absolute atomic E-state index is 0.131. The number of hydrogen-bond donors (Lipinski definition) is 0. The van der Waals surface area contributed by atoms with Crippen molar-refractivity contribution in [3.05, 3.63) is 169 Å². The Kier molecular flexibility index (Phi) is 5.10.